The molecule has 3 aromatic rings. The number of benzene rings is 3. The van der Waals surface area contributed by atoms with Gasteiger partial charge in [0.1, 0.15) is 19.5 Å². The molecule has 0 aliphatic carbocycles. The molecule has 41 heavy (non-hydrogen) atoms. The summed E-state index contributed by atoms with van der Waals surface area (Å²) in [6.07, 6.45) is 3.31. The average molecular weight is 568 g/mol. The quantitative estimate of drug-likeness (QED) is 0.180. The monoisotopic (exact) mass is 567 g/mol. The second kappa shape index (κ2) is 29.6. The summed E-state index contributed by atoms with van der Waals surface area (Å²) >= 11 is 0. The van der Waals surface area contributed by atoms with Gasteiger partial charge in [-0.05, 0) is 29.5 Å². The summed E-state index contributed by atoms with van der Waals surface area (Å²) in [4.78, 5) is 19.9. The van der Waals surface area contributed by atoms with Crippen molar-refractivity contribution in [3.8, 4) is 0 Å². The highest BCUT2D eigenvalue weighted by molar-refractivity contribution is 5.75. The number of carboxylic acids is 1. The van der Waals surface area contributed by atoms with E-state index in [0.29, 0.717) is 26.4 Å². The van der Waals surface area contributed by atoms with Crippen LogP contribution >= 0.6 is 0 Å². The summed E-state index contributed by atoms with van der Waals surface area (Å²) in [5.74, 6) is -0.939. The minimum atomic E-state index is -0.939. The van der Waals surface area contributed by atoms with Crippen LogP contribution in [0.4, 0.5) is 0 Å². The Balaban J connectivity index is 0. The number of hydrogen-bond donors (Lipinski definition) is 2. The molecular weight excluding hydrogens is 523 g/mol. The van der Waals surface area contributed by atoms with Crippen LogP contribution in [0.5, 0.6) is 0 Å². The Morgan fingerprint density at radius 1 is 0.732 bits per heavy atom. The Morgan fingerprint density at radius 2 is 1.15 bits per heavy atom. The lowest BCUT2D eigenvalue weighted by molar-refractivity contribution is -0.142. The molecule has 0 bridgehead atoms. The second-order valence-electron chi connectivity index (χ2n) is 8.12. The topological polar surface area (TPSA) is 112 Å². The number of carbonyl (C=O) groups excluding carboxylic acids is 1. The molecule has 0 amide bonds. The molecule has 1 aliphatic heterocycles. The fourth-order valence-electron chi connectivity index (χ4n) is 2.97. The van der Waals surface area contributed by atoms with Gasteiger partial charge in [-0.2, -0.15) is 0 Å². The highest BCUT2D eigenvalue weighted by atomic mass is 16.5. The summed E-state index contributed by atoms with van der Waals surface area (Å²) in [5.41, 5.74) is 3.22. The van der Waals surface area contributed by atoms with Crippen molar-refractivity contribution in [2.45, 2.75) is 40.1 Å². The Morgan fingerprint density at radius 3 is 1.49 bits per heavy atom. The van der Waals surface area contributed by atoms with E-state index in [1.165, 1.54) is 12.8 Å². The van der Waals surface area contributed by atoms with E-state index in [4.69, 9.17) is 29.2 Å². The van der Waals surface area contributed by atoms with Gasteiger partial charge in [-0.1, -0.05) is 98.4 Å². The Bertz CT molecular complexity index is 948. The lowest BCUT2D eigenvalue weighted by atomic mass is 10.2. The summed E-state index contributed by atoms with van der Waals surface area (Å²) in [7, 11) is 0. The Hall–Kier alpha value is -3.34. The smallest absolute Gasteiger partial charge is 0.329 e. The first-order valence-corrected chi connectivity index (χ1v) is 12.8. The number of aliphatic hydroxyl groups excluding tert-OH is 1. The van der Waals surface area contributed by atoms with Crippen molar-refractivity contribution < 1.29 is 38.7 Å². The molecule has 0 saturated carbocycles. The number of hydrogen-bond acceptors (Lipinski definition) is 7. The predicted octanol–water partition coefficient (Wildman–Crippen LogP) is 4.94. The summed E-state index contributed by atoms with van der Waals surface area (Å²) in [6.45, 7) is 3.89. The third-order valence-electron chi connectivity index (χ3n) is 4.81. The average Bonchev–Trinajstić information content (AvgIpc) is 3.57. The number of carboxylic acid groups (broad SMARTS) is 1. The van der Waals surface area contributed by atoms with E-state index in [9.17, 15) is 9.59 Å². The first kappa shape index (κ1) is 39.8. The number of aliphatic hydroxyl groups is 1. The largest absolute Gasteiger partial charge is 0.480 e. The SMILES string of the molecule is C.C1CCOC1.O=C(O)COCc1ccccc1.O=CCOCc1ccccc1.OCCOCc1ccccc1.[B]. The molecule has 0 atom stereocenters. The lowest BCUT2D eigenvalue weighted by Crippen LogP contribution is -2.06. The fourth-order valence-corrected chi connectivity index (χ4v) is 2.97. The first-order valence-electron chi connectivity index (χ1n) is 12.8. The van der Waals surface area contributed by atoms with Crippen molar-refractivity contribution in [1.29, 1.82) is 0 Å². The van der Waals surface area contributed by atoms with E-state index in [2.05, 4.69) is 0 Å². The van der Waals surface area contributed by atoms with E-state index in [0.717, 1.165) is 36.2 Å². The fraction of sp³-hybridized carbons (Fsp3) is 0.375. The van der Waals surface area contributed by atoms with Gasteiger partial charge in [0.05, 0.1) is 33.0 Å². The number of aliphatic carboxylic acids is 1. The Labute approximate surface area is 246 Å². The van der Waals surface area contributed by atoms with Crippen LogP contribution in [0.2, 0.25) is 0 Å². The molecule has 2 N–H and O–H groups in total. The van der Waals surface area contributed by atoms with Crippen LogP contribution in [0.25, 0.3) is 0 Å². The molecular formula is C32H44BO8. The van der Waals surface area contributed by atoms with Gasteiger partial charge in [0.25, 0.3) is 0 Å². The molecule has 1 heterocycles. The highest BCUT2D eigenvalue weighted by Gasteiger charge is 1.96. The van der Waals surface area contributed by atoms with Gasteiger partial charge in [-0.3, -0.25) is 0 Å². The van der Waals surface area contributed by atoms with Crippen LogP contribution < -0.4 is 0 Å². The first-order chi connectivity index (χ1) is 19.2. The van der Waals surface area contributed by atoms with Crippen molar-refractivity contribution in [2.75, 3.05) is 39.6 Å². The molecule has 1 saturated heterocycles. The standard InChI is InChI=1S/C9H10O3.C9H12O2.C9H10O2.C4H8O.CH4.B/c10-9(11)7-12-6-8-4-2-1-3-5-8;2*10-6-7-11-8-9-4-2-1-3-5-9;1-2-4-5-3-1;;/h1-5H,6-7H2,(H,10,11);1-5,10H,6-8H2;1-6H,7-8H2;1-4H2;1H4;. The van der Waals surface area contributed by atoms with Crippen LogP contribution in [0.15, 0.2) is 91.0 Å². The molecule has 3 radical (unpaired) electrons. The normalized spacial score (nSPS) is 11.0. The lowest BCUT2D eigenvalue weighted by Gasteiger charge is -2.00. The molecule has 1 aliphatic rings. The predicted molar refractivity (Wildman–Crippen MR) is 162 cm³/mol. The van der Waals surface area contributed by atoms with Crippen molar-refractivity contribution in [1.82, 2.24) is 0 Å². The summed E-state index contributed by atoms with van der Waals surface area (Å²) in [5, 5.41) is 16.7. The van der Waals surface area contributed by atoms with Crippen molar-refractivity contribution in [2.24, 2.45) is 0 Å². The van der Waals surface area contributed by atoms with Crippen LogP contribution in [0.3, 0.4) is 0 Å². The van der Waals surface area contributed by atoms with Crippen molar-refractivity contribution >= 4 is 20.7 Å². The van der Waals surface area contributed by atoms with Gasteiger partial charge in [-0.25, -0.2) is 4.79 Å². The Kier molecular flexibility index (Phi) is 28.8. The van der Waals surface area contributed by atoms with Gasteiger partial charge in [0.15, 0.2) is 0 Å². The van der Waals surface area contributed by atoms with Crippen LogP contribution in [0.1, 0.15) is 37.0 Å². The van der Waals surface area contributed by atoms with E-state index in [1.54, 1.807) is 0 Å². The third kappa shape index (κ3) is 25.4. The van der Waals surface area contributed by atoms with Crippen molar-refractivity contribution in [3.63, 3.8) is 0 Å². The molecule has 9 heteroatoms. The zero-order chi connectivity index (χ0) is 28.2. The molecule has 0 aromatic heterocycles. The van der Waals surface area contributed by atoms with Crippen LogP contribution in [0, 0.1) is 0 Å². The minimum absolute atomic E-state index is 0. The van der Waals surface area contributed by atoms with Gasteiger partial charge >= 0.3 is 5.97 Å². The molecule has 3 aromatic carbocycles. The summed E-state index contributed by atoms with van der Waals surface area (Å²) in [6, 6.07) is 29.1. The van der Waals surface area contributed by atoms with Crippen molar-refractivity contribution in [3.05, 3.63) is 108 Å². The van der Waals surface area contributed by atoms with Gasteiger partial charge in [0, 0.05) is 21.6 Å². The molecule has 4 rings (SSSR count). The molecule has 0 spiro atoms. The number of carbonyl (C=O) groups is 2. The van der Waals surface area contributed by atoms with Gasteiger partial charge in [-0.15, -0.1) is 0 Å². The van der Waals surface area contributed by atoms with E-state index in [-0.39, 0.29) is 35.7 Å². The molecule has 0 unspecified atom stereocenters. The van der Waals surface area contributed by atoms with E-state index in [1.807, 2.05) is 91.0 Å². The third-order valence-corrected chi connectivity index (χ3v) is 4.81. The van der Waals surface area contributed by atoms with Crippen LogP contribution in [-0.2, 0) is 48.4 Å². The zero-order valence-corrected chi connectivity index (χ0v) is 22.9. The maximum Gasteiger partial charge on any atom is 0.329 e. The number of ether oxygens (including phenoxy) is 4. The molecule has 1 fully saturated rings. The highest BCUT2D eigenvalue weighted by Crippen LogP contribution is 2.01. The molecule has 8 nitrogen and oxygen atoms in total. The maximum atomic E-state index is 10.1. The van der Waals surface area contributed by atoms with E-state index >= 15 is 0 Å². The second-order valence-corrected chi connectivity index (χ2v) is 8.12. The van der Waals surface area contributed by atoms with Crippen LogP contribution in [-0.4, -0.2) is 70.5 Å². The number of rotatable bonds is 12. The van der Waals surface area contributed by atoms with E-state index < -0.39 is 5.97 Å². The van der Waals surface area contributed by atoms with Gasteiger partial charge in [0.2, 0.25) is 0 Å². The summed E-state index contributed by atoms with van der Waals surface area (Å²) < 4.78 is 19.9. The minimum Gasteiger partial charge on any atom is -0.480 e. The number of aldehydes is 1. The molecule has 223 valence electrons. The zero-order valence-electron chi connectivity index (χ0n) is 22.9. The maximum absolute atomic E-state index is 10.1. The van der Waals surface area contributed by atoms with Gasteiger partial charge < -0.3 is 34.0 Å².